The molecule has 0 saturated heterocycles. The van der Waals surface area contributed by atoms with Gasteiger partial charge in [0.25, 0.3) is 0 Å². The predicted molar refractivity (Wildman–Crippen MR) is 84.4 cm³/mol. The molecule has 1 aromatic carbocycles. The number of hydrogen-bond acceptors (Lipinski definition) is 2. The monoisotopic (exact) mass is 295 g/mol. The van der Waals surface area contributed by atoms with Gasteiger partial charge in [-0.25, -0.2) is 0 Å². The second kappa shape index (κ2) is 5.05. The number of pyridine rings is 1. The third-order valence-corrected chi connectivity index (χ3v) is 4.25. The van der Waals surface area contributed by atoms with Crippen molar-refractivity contribution in [3.8, 4) is 22.3 Å². The van der Waals surface area contributed by atoms with Crippen LogP contribution in [0.3, 0.4) is 0 Å². The van der Waals surface area contributed by atoms with E-state index in [-0.39, 0.29) is 0 Å². The lowest BCUT2D eigenvalue weighted by atomic mass is 9.96. The van der Waals surface area contributed by atoms with E-state index in [4.69, 9.17) is 16.0 Å². The summed E-state index contributed by atoms with van der Waals surface area (Å²) in [5.41, 5.74) is 5.42. The van der Waals surface area contributed by atoms with Crippen molar-refractivity contribution in [1.82, 2.24) is 4.98 Å². The molecule has 0 unspecified atom stereocenters. The van der Waals surface area contributed by atoms with Crippen molar-refractivity contribution in [3.05, 3.63) is 65.8 Å². The zero-order valence-corrected chi connectivity index (χ0v) is 12.2. The Morgan fingerprint density at radius 1 is 1.05 bits per heavy atom. The van der Waals surface area contributed by atoms with Gasteiger partial charge in [-0.3, -0.25) is 4.98 Å². The van der Waals surface area contributed by atoms with Crippen LogP contribution in [0.15, 0.2) is 59.5 Å². The molecular weight excluding hydrogens is 282 g/mol. The van der Waals surface area contributed by atoms with Crippen LogP contribution in [-0.2, 0) is 0 Å². The van der Waals surface area contributed by atoms with Gasteiger partial charge in [0.15, 0.2) is 0 Å². The Bertz CT molecular complexity index is 776. The maximum atomic E-state index is 6.36. The largest absolute Gasteiger partial charge is 0.472 e. The average Bonchev–Trinajstić information content (AvgIpc) is 3.22. The second-order valence-corrected chi connectivity index (χ2v) is 5.83. The molecule has 0 radical (unpaired) electrons. The summed E-state index contributed by atoms with van der Waals surface area (Å²) in [6, 6.07) is 12.0. The van der Waals surface area contributed by atoms with Crippen molar-refractivity contribution in [3.63, 3.8) is 0 Å². The minimum Gasteiger partial charge on any atom is -0.472 e. The van der Waals surface area contributed by atoms with E-state index in [0.29, 0.717) is 5.92 Å². The summed E-state index contributed by atoms with van der Waals surface area (Å²) in [5.74, 6) is 0.621. The maximum absolute atomic E-state index is 6.36. The van der Waals surface area contributed by atoms with Crippen LogP contribution in [-0.4, -0.2) is 4.98 Å². The van der Waals surface area contributed by atoms with Crippen LogP contribution in [0.1, 0.15) is 24.5 Å². The zero-order valence-electron chi connectivity index (χ0n) is 11.4. The fourth-order valence-corrected chi connectivity index (χ4v) is 2.86. The highest BCUT2D eigenvalue weighted by Gasteiger charge is 2.26. The van der Waals surface area contributed by atoms with Gasteiger partial charge in [0.05, 0.1) is 12.5 Å². The van der Waals surface area contributed by atoms with Crippen LogP contribution in [0.4, 0.5) is 0 Å². The molecule has 21 heavy (non-hydrogen) atoms. The Hall–Kier alpha value is -2.06. The lowest BCUT2D eigenvalue weighted by molar-refractivity contribution is 0.568. The van der Waals surface area contributed by atoms with Crippen LogP contribution in [0.5, 0.6) is 0 Å². The quantitative estimate of drug-likeness (QED) is 0.634. The summed E-state index contributed by atoms with van der Waals surface area (Å²) in [5, 5.41) is 0.739. The molecule has 104 valence electrons. The molecule has 0 N–H and O–H groups in total. The molecule has 0 atom stereocenters. The molecule has 1 fully saturated rings. The van der Waals surface area contributed by atoms with E-state index in [0.717, 1.165) is 27.3 Å². The SMILES string of the molecule is Clc1ccccc1-c1cnc(C2CC2)cc1-c1ccoc1. The second-order valence-electron chi connectivity index (χ2n) is 5.42. The summed E-state index contributed by atoms with van der Waals surface area (Å²) < 4.78 is 5.25. The predicted octanol–water partition coefficient (Wildman–Crippen LogP) is 5.54. The van der Waals surface area contributed by atoms with Crippen LogP contribution >= 0.6 is 11.6 Å². The minimum atomic E-state index is 0.621. The number of aromatic nitrogens is 1. The first-order valence-electron chi connectivity index (χ1n) is 7.10. The molecule has 3 aromatic rings. The first kappa shape index (κ1) is 12.7. The Morgan fingerprint density at radius 3 is 2.62 bits per heavy atom. The number of rotatable bonds is 3. The number of benzene rings is 1. The number of hydrogen-bond donors (Lipinski definition) is 0. The van der Waals surface area contributed by atoms with Crippen LogP contribution in [0.25, 0.3) is 22.3 Å². The summed E-state index contributed by atoms with van der Waals surface area (Å²) in [6.45, 7) is 0. The molecule has 2 nitrogen and oxygen atoms in total. The molecule has 1 aliphatic carbocycles. The summed E-state index contributed by atoms with van der Waals surface area (Å²) in [7, 11) is 0. The topological polar surface area (TPSA) is 26.0 Å². The molecule has 0 bridgehead atoms. The molecule has 3 heteroatoms. The van der Waals surface area contributed by atoms with E-state index in [1.807, 2.05) is 36.5 Å². The zero-order chi connectivity index (χ0) is 14.2. The van der Waals surface area contributed by atoms with Crippen molar-refractivity contribution in [2.24, 2.45) is 0 Å². The van der Waals surface area contributed by atoms with Gasteiger partial charge in [0, 0.05) is 39.5 Å². The molecule has 1 saturated carbocycles. The van der Waals surface area contributed by atoms with Gasteiger partial charge in [0.1, 0.15) is 0 Å². The molecule has 1 aliphatic rings. The van der Waals surface area contributed by atoms with Crippen LogP contribution in [0, 0.1) is 0 Å². The summed E-state index contributed by atoms with van der Waals surface area (Å²) in [6.07, 6.45) is 7.89. The normalized spacial score (nSPS) is 14.3. The highest BCUT2D eigenvalue weighted by Crippen LogP contribution is 2.42. The highest BCUT2D eigenvalue weighted by atomic mass is 35.5. The van der Waals surface area contributed by atoms with E-state index in [9.17, 15) is 0 Å². The van der Waals surface area contributed by atoms with Crippen molar-refractivity contribution in [2.75, 3.05) is 0 Å². The van der Waals surface area contributed by atoms with Gasteiger partial charge < -0.3 is 4.42 Å². The fraction of sp³-hybridized carbons (Fsp3) is 0.167. The minimum absolute atomic E-state index is 0.621. The van der Waals surface area contributed by atoms with E-state index in [1.165, 1.54) is 18.5 Å². The van der Waals surface area contributed by atoms with Crippen molar-refractivity contribution in [2.45, 2.75) is 18.8 Å². The molecule has 2 heterocycles. The summed E-state index contributed by atoms with van der Waals surface area (Å²) >= 11 is 6.36. The Balaban J connectivity index is 1.92. The van der Waals surface area contributed by atoms with Gasteiger partial charge in [-0.05, 0) is 36.6 Å². The van der Waals surface area contributed by atoms with E-state index in [1.54, 1.807) is 12.5 Å². The Morgan fingerprint density at radius 2 is 1.90 bits per heavy atom. The van der Waals surface area contributed by atoms with Gasteiger partial charge >= 0.3 is 0 Å². The molecule has 0 aliphatic heterocycles. The van der Waals surface area contributed by atoms with Crippen molar-refractivity contribution >= 4 is 11.6 Å². The molecule has 2 aromatic heterocycles. The highest BCUT2D eigenvalue weighted by molar-refractivity contribution is 6.33. The van der Waals surface area contributed by atoms with E-state index >= 15 is 0 Å². The third-order valence-electron chi connectivity index (χ3n) is 3.92. The average molecular weight is 296 g/mol. The fourth-order valence-electron chi connectivity index (χ4n) is 2.62. The van der Waals surface area contributed by atoms with E-state index < -0.39 is 0 Å². The van der Waals surface area contributed by atoms with E-state index in [2.05, 4.69) is 11.1 Å². The van der Waals surface area contributed by atoms with Crippen molar-refractivity contribution < 1.29 is 4.42 Å². The first-order chi connectivity index (χ1) is 10.3. The smallest absolute Gasteiger partial charge is 0.0981 e. The number of furan rings is 1. The molecule has 0 amide bonds. The molecule has 0 spiro atoms. The number of halogens is 1. The Labute approximate surface area is 128 Å². The third kappa shape index (κ3) is 2.36. The standard InChI is InChI=1S/C18H14ClNO/c19-17-4-2-1-3-14(17)16-10-20-18(12-5-6-12)9-15(16)13-7-8-21-11-13/h1-4,7-12H,5-6H2. The maximum Gasteiger partial charge on any atom is 0.0981 e. The first-order valence-corrected chi connectivity index (χ1v) is 7.48. The van der Waals surface area contributed by atoms with Crippen LogP contribution in [0.2, 0.25) is 5.02 Å². The lowest BCUT2D eigenvalue weighted by Gasteiger charge is -2.11. The van der Waals surface area contributed by atoms with Gasteiger partial charge in [-0.2, -0.15) is 0 Å². The van der Waals surface area contributed by atoms with Gasteiger partial charge in [-0.1, -0.05) is 29.8 Å². The summed E-state index contributed by atoms with van der Waals surface area (Å²) in [4.78, 5) is 4.64. The molecular formula is C18H14ClNO. The van der Waals surface area contributed by atoms with Crippen molar-refractivity contribution in [1.29, 1.82) is 0 Å². The number of nitrogens with zero attached hydrogens (tertiary/aromatic N) is 1. The lowest BCUT2D eigenvalue weighted by Crippen LogP contribution is -1.92. The molecule has 4 rings (SSSR count). The Kier molecular flexibility index (Phi) is 3.04. The van der Waals surface area contributed by atoms with Gasteiger partial charge in [-0.15, -0.1) is 0 Å². The van der Waals surface area contributed by atoms with Crippen LogP contribution < -0.4 is 0 Å². The van der Waals surface area contributed by atoms with Gasteiger partial charge in [0.2, 0.25) is 0 Å².